The number of anilines is 2. The molecule has 16 nitrogen and oxygen atoms in total. The van der Waals surface area contributed by atoms with Crippen molar-refractivity contribution in [3.05, 3.63) is 191 Å². The van der Waals surface area contributed by atoms with Gasteiger partial charge in [-0.05, 0) is 134 Å². The number of benzene rings is 6. The molecule has 0 saturated heterocycles. The zero-order valence-electron chi connectivity index (χ0n) is 42.6. The fourth-order valence-electron chi connectivity index (χ4n) is 8.59. The number of nitrogens with zero attached hydrogens (tertiary/aromatic N) is 4. The summed E-state index contributed by atoms with van der Waals surface area (Å²) in [5.74, 6) is -1.28. The fourth-order valence-corrected chi connectivity index (χ4v) is 11.9. The van der Waals surface area contributed by atoms with Gasteiger partial charge in [0.05, 0.1) is 56.3 Å². The Kier molecular flexibility index (Phi) is 16.9. The van der Waals surface area contributed by atoms with Crippen molar-refractivity contribution in [2.24, 2.45) is 0 Å². The van der Waals surface area contributed by atoms with E-state index in [1.807, 2.05) is 0 Å². The Morgan fingerprint density at radius 2 is 0.886 bits per heavy atom. The van der Waals surface area contributed by atoms with E-state index in [0.29, 0.717) is 56.7 Å². The molecule has 6 aromatic carbocycles. The van der Waals surface area contributed by atoms with Crippen LogP contribution in [0.5, 0.6) is 11.5 Å². The minimum atomic E-state index is -4.45. The summed E-state index contributed by atoms with van der Waals surface area (Å²) in [7, 11) is -8.43. The molecule has 0 unspecified atom stereocenters. The minimum Gasteiger partial charge on any atom is -0.548 e. The van der Waals surface area contributed by atoms with Gasteiger partial charge in [-0.2, -0.15) is 26.3 Å². The van der Waals surface area contributed by atoms with E-state index in [-0.39, 0.29) is 112 Å². The Bertz CT molecular complexity index is 3530. The first-order chi connectivity index (χ1) is 36.9. The molecule has 2 aromatic heterocycles. The first-order valence-electron chi connectivity index (χ1n) is 23.3. The van der Waals surface area contributed by atoms with Crippen LogP contribution in [0.2, 0.25) is 0 Å². The van der Waals surface area contributed by atoms with Crippen LogP contribution in [0.4, 0.5) is 37.7 Å². The van der Waals surface area contributed by atoms with Gasteiger partial charge < -0.3 is 38.1 Å². The molecular weight excluding hydrogens is 1110 g/mol. The van der Waals surface area contributed by atoms with Crippen LogP contribution in [0, 0.1) is 13.8 Å². The SMILES string of the molecule is Cc1oc(-c2ccc(C(F)(F)F)cc2)nc1COc1ccc(S(=O)(=O)N2c3ccccc3C[C@@H]2C(=O)[O-])cc1.Cc1oc(-c2ccc(C(F)(F)F)cc2)nc1COc1ccc(S(=O)(=O)N2c3ccccc3C[C@@H]2C(=O)[O-])cc1.[H+].[K+]. The van der Waals surface area contributed by atoms with E-state index in [1.54, 1.807) is 62.4 Å². The normalized spacial score (nSPS) is 15.1. The number of aliphatic carboxylic acids is 2. The molecule has 0 bridgehead atoms. The second-order valence-corrected chi connectivity index (χ2v) is 21.3. The van der Waals surface area contributed by atoms with E-state index in [1.165, 1.54) is 72.8 Å². The van der Waals surface area contributed by atoms with Crippen LogP contribution >= 0.6 is 0 Å². The Balaban J connectivity index is 0.000000225. The van der Waals surface area contributed by atoms with Gasteiger partial charge in [0, 0.05) is 24.0 Å². The van der Waals surface area contributed by atoms with Gasteiger partial charge in [0.1, 0.15) is 47.6 Å². The quantitative estimate of drug-likeness (QED) is 0.0989. The van der Waals surface area contributed by atoms with E-state index >= 15 is 0 Å². The average Bonchev–Trinajstić information content (AvgIpc) is 4.20. The van der Waals surface area contributed by atoms with Crippen molar-refractivity contribution in [1.29, 1.82) is 0 Å². The fraction of sp³-hybridized carbons (Fsp3) is 0.185. The smallest absolute Gasteiger partial charge is 0.548 e. The number of sulfonamides is 2. The number of aromatic nitrogens is 2. The third-order valence-corrected chi connectivity index (χ3v) is 16.3. The summed E-state index contributed by atoms with van der Waals surface area (Å²) in [6.45, 7) is 3.18. The summed E-state index contributed by atoms with van der Waals surface area (Å²) in [4.78, 5) is 31.8. The Morgan fingerprint density at radius 1 is 0.557 bits per heavy atom. The number of carbonyl (C=O) groups excluding carboxylic acids is 2. The summed E-state index contributed by atoms with van der Waals surface area (Å²) >= 11 is 0. The molecule has 404 valence electrons. The van der Waals surface area contributed by atoms with Crippen molar-refractivity contribution in [1.82, 2.24) is 9.97 Å². The number of para-hydroxylation sites is 2. The molecule has 0 saturated carbocycles. The molecule has 2 aliphatic heterocycles. The largest absolute Gasteiger partial charge is 1.00 e. The van der Waals surface area contributed by atoms with Crippen LogP contribution in [-0.4, -0.2) is 50.8 Å². The third-order valence-electron chi connectivity index (χ3n) is 12.6. The molecule has 2 aliphatic rings. The van der Waals surface area contributed by atoms with Crippen molar-refractivity contribution >= 4 is 43.4 Å². The number of hydrogen-bond donors (Lipinski definition) is 0. The summed E-state index contributed by atoms with van der Waals surface area (Å²) in [6, 6.07) is 30.1. The number of hydrogen-bond acceptors (Lipinski definition) is 14. The van der Waals surface area contributed by atoms with E-state index in [9.17, 15) is 63.0 Å². The molecule has 0 radical (unpaired) electrons. The number of rotatable bonds is 14. The summed E-state index contributed by atoms with van der Waals surface area (Å²) in [5.41, 5.74) is 1.74. The molecule has 0 spiro atoms. The Hall–Kier alpha value is -7.00. The van der Waals surface area contributed by atoms with E-state index < -0.39 is 67.5 Å². The Labute approximate surface area is 491 Å². The molecule has 0 amide bonds. The van der Waals surface area contributed by atoms with Crippen molar-refractivity contribution in [2.75, 3.05) is 8.61 Å². The molecular formula is C54H41F6KN4O12S2. The second-order valence-electron chi connectivity index (χ2n) is 17.7. The molecule has 25 heteroatoms. The van der Waals surface area contributed by atoms with E-state index in [4.69, 9.17) is 18.3 Å². The van der Waals surface area contributed by atoms with Gasteiger partial charge in [0.2, 0.25) is 11.8 Å². The molecule has 8 aromatic rings. The topological polar surface area (TPSA) is 226 Å². The summed E-state index contributed by atoms with van der Waals surface area (Å²) in [5, 5.41) is 23.4. The summed E-state index contributed by atoms with van der Waals surface area (Å²) < 4.78 is 155. The van der Waals surface area contributed by atoms with Crippen LogP contribution in [0.3, 0.4) is 0 Å². The zero-order valence-corrected chi connectivity index (χ0v) is 46.4. The van der Waals surface area contributed by atoms with Crippen molar-refractivity contribution in [3.63, 3.8) is 0 Å². The molecule has 4 heterocycles. The number of carbonyl (C=O) groups is 2. The number of alkyl halides is 6. The number of fused-ring (bicyclic) bond motifs is 2. The Morgan fingerprint density at radius 3 is 1.20 bits per heavy atom. The van der Waals surface area contributed by atoms with Gasteiger partial charge in [-0.25, -0.2) is 26.8 Å². The van der Waals surface area contributed by atoms with E-state index in [0.717, 1.165) is 32.9 Å². The van der Waals surface area contributed by atoms with Gasteiger partial charge in [-0.1, -0.05) is 36.4 Å². The van der Waals surface area contributed by atoms with Gasteiger partial charge in [0.25, 0.3) is 20.0 Å². The average molecular weight is 1160 g/mol. The maximum atomic E-state index is 13.4. The molecule has 10 rings (SSSR count). The molecule has 2 atom stereocenters. The first kappa shape index (κ1) is 58.2. The van der Waals surface area contributed by atoms with Gasteiger partial charge in [-0.15, -0.1) is 0 Å². The molecule has 0 N–H and O–H groups in total. The maximum absolute atomic E-state index is 13.4. The van der Waals surface area contributed by atoms with Gasteiger partial charge in [-0.3, -0.25) is 8.61 Å². The predicted octanol–water partition coefficient (Wildman–Crippen LogP) is 5.35. The van der Waals surface area contributed by atoms with Crippen LogP contribution < -0.4 is 79.7 Å². The van der Waals surface area contributed by atoms with Crippen molar-refractivity contribution in [2.45, 2.75) is 74.1 Å². The molecule has 0 aliphatic carbocycles. The van der Waals surface area contributed by atoms with Crippen molar-refractivity contribution < 1.29 is 134 Å². The van der Waals surface area contributed by atoms with Crippen LogP contribution in [0.25, 0.3) is 22.9 Å². The number of carboxylic acid groups (broad SMARTS) is 2. The van der Waals surface area contributed by atoms with Crippen LogP contribution in [0.1, 0.15) is 46.6 Å². The number of ether oxygens (including phenoxy) is 2. The second kappa shape index (κ2) is 23.0. The third kappa shape index (κ3) is 12.4. The number of halogens is 6. The molecule has 0 fully saturated rings. The first-order valence-corrected chi connectivity index (χ1v) is 26.2. The minimum absolute atomic E-state index is 0. The molecule has 79 heavy (non-hydrogen) atoms. The number of carboxylic acids is 2. The van der Waals surface area contributed by atoms with Crippen LogP contribution in [0.15, 0.2) is 164 Å². The maximum Gasteiger partial charge on any atom is 1.00 e. The standard InChI is InChI=1S/2C27H21F3N2O6S.K/c2*1-16-22(31-25(38-16)17-6-8-19(9-7-17)27(28,29)30)15-37-20-10-12-21(13-11-20)39(35,36)32-23-5-3-2-4-18(23)14-24(32)26(33)34;/h2*2-13,24H,14-15H2,1H3,(H,33,34);/q;;+1/p-1/t2*24-;/m11./s1. The van der Waals surface area contributed by atoms with E-state index in [2.05, 4.69) is 9.97 Å². The summed E-state index contributed by atoms with van der Waals surface area (Å²) in [6.07, 6.45) is -8.89. The monoisotopic (exact) mass is 1150 g/mol. The van der Waals surface area contributed by atoms with Gasteiger partial charge in [0.15, 0.2) is 0 Å². The zero-order chi connectivity index (χ0) is 55.9. The number of oxazole rings is 2. The van der Waals surface area contributed by atoms with Crippen LogP contribution in [-0.2, 0) is 68.0 Å². The number of aryl methyl sites for hydroxylation is 2. The van der Waals surface area contributed by atoms with Gasteiger partial charge >= 0.3 is 65.2 Å². The van der Waals surface area contributed by atoms with Crippen molar-refractivity contribution in [3.8, 4) is 34.4 Å². The predicted molar refractivity (Wildman–Crippen MR) is 263 cm³/mol.